The summed E-state index contributed by atoms with van der Waals surface area (Å²) in [5.41, 5.74) is 6.65. The monoisotopic (exact) mass is 294 g/mol. The number of hydrogen-bond donors (Lipinski definition) is 1. The highest BCUT2D eigenvalue weighted by Gasteiger charge is 2.10. The first-order valence-electron chi connectivity index (χ1n) is 7.49. The van der Waals surface area contributed by atoms with E-state index in [9.17, 15) is 4.79 Å². The molecule has 0 unspecified atom stereocenters. The van der Waals surface area contributed by atoms with Crippen LogP contribution in [0.15, 0.2) is 24.3 Å². The SMILES string of the molecule is CCCN(CCOc1cccc(CN)c1)CC(=O)OCC. The van der Waals surface area contributed by atoms with Crippen LogP contribution in [0.3, 0.4) is 0 Å². The van der Waals surface area contributed by atoms with Gasteiger partial charge in [-0.15, -0.1) is 0 Å². The minimum Gasteiger partial charge on any atom is -0.492 e. The highest BCUT2D eigenvalue weighted by atomic mass is 16.5. The summed E-state index contributed by atoms with van der Waals surface area (Å²) in [7, 11) is 0. The van der Waals surface area contributed by atoms with Crippen LogP contribution in [-0.2, 0) is 16.1 Å². The van der Waals surface area contributed by atoms with Gasteiger partial charge in [0.2, 0.25) is 0 Å². The van der Waals surface area contributed by atoms with Gasteiger partial charge in [-0.2, -0.15) is 0 Å². The lowest BCUT2D eigenvalue weighted by atomic mass is 10.2. The molecule has 0 bridgehead atoms. The number of ether oxygens (including phenoxy) is 2. The Morgan fingerprint density at radius 3 is 2.76 bits per heavy atom. The van der Waals surface area contributed by atoms with Crippen molar-refractivity contribution >= 4 is 5.97 Å². The topological polar surface area (TPSA) is 64.8 Å². The van der Waals surface area contributed by atoms with Crippen LogP contribution in [0, 0.1) is 0 Å². The molecule has 1 aromatic carbocycles. The lowest BCUT2D eigenvalue weighted by Gasteiger charge is -2.20. The first-order valence-corrected chi connectivity index (χ1v) is 7.49. The van der Waals surface area contributed by atoms with Crippen molar-refractivity contribution in [3.05, 3.63) is 29.8 Å². The Balaban J connectivity index is 2.40. The minimum absolute atomic E-state index is 0.184. The molecular formula is C16H26N2O3. The van der Waals surface area contributed by atoms with Crippen molar-refractivity contribution in [3.63, 3.8) is 0 Å². The zero-order valence-corrected chi connectivity index (χ0v) is 13.0. The van der Waals surface area contributed by atoms with Crippen molar-refractivity contribution < 1.29 is 14.3 Å². The summed E-state index contributed by atoms with van der Waals surface area (Å²) < 4.78 is 10.7. The summed E-state index contributed by atoms with van der Waals surface area (Å²) in [6, 6.07) is 7.75. The number of benzene rings is 1. The van der Waals surface area contributed by atoms with Crippen molar-refractivity contribution in [1.29, 1.82) is 0 Å². The van der Waals surface area contributed by atoms with Gasteiger partial charge in [-0.05, 0) is 37.6 Å². The van der Waals surface area contributed by atoms with E-state index in [0.717, 1.165) is 24.3 Å². The van der Waals surface area contributed by atoms with Gasteiger partial charge in [0, 0.05) is 13.1 Å². The molecule has 21 heavy (non-hydrogen) atoms. The van der Waals surface area contributed by atoms with Crippen LogP contribution < -0.4 is 10.5 Å². The zero-order valence-electron chi connectivity index (χ0n) is 13.0. The third-order valence-corrected chi connectivity index (χ3v) is 3.01. The predicted molar refractivity (Wildman–Crippen MR) is 83.2 cm³/mol. The van der Waals surface area contributed by atoms with Crippen molar-refractivity contribution in [2.24, 2.45) is 5.73 Å². The summed E-state index contributed by atoms with van der Waals surface area (Å²) in [5.74, 6) is 0.626. The Kier molecular flexibility index (Phi) is 8.47. The van der Waals surface area contributed by atoms with Crippen molar-refractivity contribution in [2.45, 2.75) is 26.8 Å². The van der Waals surface area contributed by atoms with E-state index in [1.54, 1.807) is 0 Å². The van der Waals surface area contributed by atoms with Gasteiger partial charge in [0.25, 0.3) is 0 Å². The van der Waals surface area contributed by atoms with E-state index in [1.807, 2.05) is 36.1 Å². The fourth-order valence-electron chi connectivity index (χ4n) is 2.03. The van der Waals surface area contributed by atoms with E-state index in [0.29, 0.717) is 32.8 Å². The first-order chi connectivity index (χ1) is 10.2. The number of hydrogen-bond acceptors (Lipinski definition) is 5. The molecule has 0 aliphatic carbocycles. The van der Waals surface area contributed by atoms with Gasteiger partial charge in [0.15, 0.2) is 0 Å². The molecule has 0 spiro atoms. The standard InChI is InChI=1S/C16H26N2O3/c1-3-8-18(13-16(19)20-4-2)9-10-21-15-7-5-6-14(11-15)12-17/h5-7,11H,3-4,8-10,12-13,17H2,1-2H3. The number of nitrogens with zero attached hydrogens (tertiary/aromatic N) is 1. The predicted octanol–water partition coefficient (Wildman–Crippen LogP) is 1.80. The molecule has 5 heteroatoms. The summed E-state index contributed by atoms with van der Waals surface area (Å²) in [5, 5.41) is 0. The molecule has 0 aliphatic rings. The molecule has 1 rings (SSSR count). The molecular weight excluding hydrogens is 268 g/mol. The molecule has 0 aliphatic heterocycles. The molecule has 0 aromatic heterocycles. The summed E-state index contributed by atoms with van der Waals surface area (Å²) in [6.07, 6.45) is 0.988. The molecule has 5 nitrogen and oxygen atoms in total. The number of nitrogens with two attached hydrogens (primary N) is 1. The molecule has 1 aromatic rings. The quantitative estimate of drug-likeness (QED) is 0.667. The fourth-order valence-corrected chi connectivity index (χ4v) is 2.03. The lowest BCUT2D eigenvalue weighted by Crippen LogP contribution is -2.35. The van der Waals surface area contributed by atoms with E-state index in [1.165, 1.54) is 0 Å². The first kappa shape index (κ1) is 17.5. The van der Waals surface area contributed by atoms with Crippen LogP contribution in [-0.4, -0.2) is 43.7 Å². The van der Waals surface area contributed by atoms with Crippen LogP contribution >= 0.6 is 0 Å². The van der Waals surface area contributed by atoms with Gasteiger partial charge in [0.05, 0.1) is 13.2 Å². The Morgan fingerprint density at radius 1 is 1.29 bits per heavy atom. The number of carbonyl (C=O) groups is 1. The van der Waals surface area contributed by atoms with Crippen molar-refractivity contribution in [2.75, 3.05) is 32.8 Å². The van der Waals surface area contributed by atoms with Gasteiger partial charge < -0.3 is 15.2 Å². The normalized spacial score (nSPS) is 10.7. The third kappa shape index (κ3) is 7.11. The van der Waals surface area contributed by atoms with E-state index >= 15 is 0 Å². The van der Waals surface area contributed by atoms with Gasteiger partial charge >= 0.3 is 5.97 Å². The van der Waals surface area contributed by atoms with E-state index in [-0.39, 0.29) is 5.97 Å². The van der Waals surface area contributed by atoms with Crippen molar-refractivity contribution in [1.82, 2.24) is 4.90 Å². The van der Waals surface area contributed by atoms with Gasteiger partial charge in [-0.3, -0.25) is 9.69 Å². The third-order valence-electron chi connectivity index (χ3n) is 3.01. The van der Waals surface area contributed by atoms with E-state index in [2.05, 4.69) is 6.92 Å². The van der Waals surface area contributed by atoms with E-state index in [4.69, 9.17) is 15.2 Å². The van der Waals surface area contributed by atoms with Gasteiger partial charge in [-0.25, -0.2) is 0 Å². The minimum atomic E-state index is -0.184. The van der Waals surface area contributed by atoms with Crippen LogP contribution in [0.1, 0.15) is 25.8 Å². The van der Waals surface area contributed by atoms with E-state index < -0.39 is 0 Å². The molecule has 118 valence electrons. The van der Waals surface area contributed by atoms with Gasteiger partial charge in [0.1, 0.15) is 12.4 Å². The maximum Gasteiger partial charge on any atom is 0.320 e. The maximum atomic E-state index is 11.5. The Hall–Kier alpha value is -1.59. The average Bonchev–Trinajstić information content (AvgIpc) is 2.48. The fraction of sp³-hybridized carbons (Fsp3) is 0.562. The zero-order chi connectivity index (χ0) is 15.5. The van der Waals surface area contributed by atoms with Crippen LogP contribution in [0.2, 0.25) is 0 Å². The largest absolute Gasteiger partial charge is 0.492 e. The Labute approximate surface area is 127 Å². The summed E-state index contributed by atoms with van der Waals surface area (Å²) in [4.78, 5) is 13.6. The second kappa shape index (κ2) is 10.2. The second-order valence-electron chi connectivity index (χ2n) is 4.78. The smallest absolute Gasteiger partial charge is 0.320 e. The maximum absolute atomic E-state index is 11.5. The number of esters is 1. The molecule has 0 atom stereocenters. The Bertz CT molecular complexity index is 424. The number of rotatable bonds is 10. The summed E-state index contributed by atoms with van der Waals surface area (Å²) in [6.45, 7) is 7.22. The van der Waals surface area contributed by atoms with Crippen LogP contribution in [0.5, 0.6) is 5.75 Å². The lowest BCUT2D eigenvalue weighted by molar-refractivity contribution is -0.144. The Morgan fingerprint density at radius 2 is 2.10 bits per heavy atom. The molecule has 2 N–H and O–H groups in total. The highest BCUT2D eigenvalue weighted by Crippen LogP contribution is 2.12. The van der Waals surface area contributed by atoms with Crippen LogP contribution in [0.4, 0.5) is 0 Å². The van der Waals surface area contributed by atoms with Crippen LogP contribution in [0.25, 0.3) is 0 Å². The molecule has 0 fully saturated rings. The van der Waals surface area contributed by atoms with Crippen molar-refractivity contribution in [3.8, 4) is 5.75 Å². The molecule has 0 saturated carbocycles. The average molecular weight is 294 g/mol. The molecule has 0 radical (unpaired) electrons. The molecule has 0 heterocycles. The molecule has 0 saturated heterocycles. The summed E-state index contributed by atoms with van der Waals surface area (Å²) >= 11 is 0. The number of carbonyl (C=O) groups excluding carboxylic acids is 1. The molecule has 0 amide bonds. The second-order valence-corrected chi connectivity index (χ2v) is 4.78. The van der Waals surface area contributed by atoms with Gasteiger partial charge in [-0.1, -0.05) is 19.1 Å². The highest BCUT2D eigenvalue weighted by molar-refractivity contribution is 5.71.